The monoisotopic (exact) mass is 407 g/mol. The minimum atomic E-state index is -0.103. The molecule has 0 bridgehead atoms. The first kappa shape index (κ1) is 20.4. The number of rotatable bonds is 7. The Morgan fingerprint density at radius 2 is 1.77 bits per heavy atom. The van der Waals surface area contributed by atoms with Crippen molar-refractivity contribution in [2.75, 3.05) is 38.2 Å². The van der Waals surface area contributed by atoms with E-state index in [4.69, 9.17) is 4.74 Å². The van der Waals surface area contributed by atoms with Crippen molar-refractivity contribution in [2.24, 2.45) is 0 Å². The highest BCUT2D eigenvalue weighted by molar-refractivity contribution is 5.97. The Kier molecular flexibility index (Phi) is 6.33. The summed E-state index contributed by atoms with van der Waals surface area (Å²) in [6, 6.07) is 15.4. The van der Waals surface area contributed by atoms with Crippen molar-refractivity contribution < 1.29 is 14.3 Å². The Morgan fingerprint density at radius 3 is 2.43 bits per heavy atom. The second-order valence-corrected chi connectivity index (χ2v) is 7.91. The fourth-order valence-corrected chi connectivity index (χ4v) is 4.44. The minimum absolute atomic E-state index is 0.0779. The number of para-hydroxylation sites is 1. The van der Waals surface area contributed by atoms with Crippen molar-refractivity contribution in [3.05, 3.63) is 59.7 Å². The van der Waals surface area contributed by atoms with E-state index in [9.17, 15) is 9.59 Å². The van der Waals surface area contributed by atoms with Crippen molar-refractivity contribution in [1.29, 1.82) is 0 Å². The van der Waals surface area contributed by atoms with Crippen molar-refractivity contribution in [2.45, 2.75) is 31.7 Å². The molecule has 1 atom stereocenters. The lowest BCUT2D eigenvalue weighted by molar-refractivity contribution is -0.117. The predicted molar refractivity (Wildman–Crippen MR) is 117 cm³/mol. The van der Waals surface area contributed by atoms with Gasteiger partial charge in [-0.25, -0.2) is 0 Å². The van der Waals surface area contributed by atoms with Crippen molar-refractivity contribution >= 4 is 17.5 Å². The summed E-state index contributed by atoms with van der Waals surface area (Å²) in [5.41, 5.74) is 2.56. The summed E-state index contributed by atoms with van der Waals surface area (Å²) in [7, 11) is 1.69. The molecular weight excluding hydrogens is 378 g/mol. The summed E-state index contributed by atoms with van der Waals surface area (Å²) in [4.78, 5) is 28.9. The average Bonchev–Trinajstić information content (AvgIpc) is 3.46. The molecule has 2 aliphatic rings. The van der Waals surface area contributed by atoms with Crippen LogP contribution < -0.4 is 15.0 Å². The summed E-state index contributed by atoms with van der Waals surface area (Å²) in [6.07, 6.45) is 3.84. The predicted octanol–water partition coefficient (Wildman–Crippen LogP) is 3.39. The molecule has 0 aliphatic carbocycles. The summed E-state index contributed by atoms with van der Waals surface area (Å²) in [6.45, 7) is 3.32. The fraction of sp³-hybridized carbons (Fsp3) is 0.417. The van der Waals surface area contributed by atoms with Gasteiger partial charge in [-0.05, 0) is 62.7 Å². The summed E-state index contributed by atoms with van der Waals surface area (Å²) in [5.74, 6) is 0.897. The van der Waals surface area contributed by atoms with Gasteiger partial charge < -0.3 is 15.0 Å². The number of ether oxygens (including phenoxy) is 1. The van der Waals surface area contributed by atoms with E-state index < -0.39 is 0 Å². The molecule has 158 valence electrons. The van der Waals surface area contributed by atoms with Gasteiger partial charge in [0.05, 0.1) is 13.2 Å². The zero-order valence-electron chi connectivity index (χ0n) is 17.5. The summed E-state index contributed by atoms with van der Waals surface area (Å²) >= 11 is 0. The van der Waals surface area contributed by atoms with E-state index in [1.54, 1.807) is 24.1 Å². The Balaban J connectivity index is 1.45. The van der Waals surface area contributed by atoms with Crippen LogP contribution in [-0.4, -0.2) is 50.0 Å². The average molecular weight is 408 g/mol. The van der Waals surface area contributed by atoms with Crippen LogP contribution >= 0.6 is 0 Å². The lowest BCUT2D eigenvalue weighted by atomic mass is 10.0. The van der Waals surface area contributed by atoms with E-state index in [-0.39, 0.29) is 17.9 Å². The third-order valence-corrected chi connectivity index (χ3v) is 6.05. The number of hydrogen-bond donors (Lipinski definition) is 1. The van der Waals surface area contributed by atoms with Gasteiger partial charge in [-0.3, -0.25) is 14.5 Å². The van der Waals surface area contributed by atoms with Crippen molar-refractivity contribution in [1.82, 2.24) is 10.2 Å². The molecule has 0 unspecified atom stereocenters. The third-order valence-electron chi connectivity index (χ3n) is 6.05. The van der Waals surface area contributed by atoms with Crippen LogP contribution in [0.1, 0.15) is 47.6 Å². The van der Waals surface area contributed by atoms with E-state index in [1.165, 1.54) is 12.8 Å². The highest BCUT2D eigenvalue weighted by atomic mass is 16.5. The van der Waals surface area contributed by atoms with E-state index in [0.29, 0.717) is 18.5 Å². The van der Waals surface area contributed by atoms with Crippen molar-refractivity contribution in [3.63, 3.8) is 0 Å². The maximum absolute atomic E-state index is 12.8. The molecule has 2 aromatic carbocycles. The minimum Gasteiger partial charge on any atom is -0.496 e. The fourth-order valence-electron chi connectivity index (χ4n) is 4.44. The van der Waals surface area contributed by atoms with Gasteiger partial charge in [0.15, 0.2) is 0 Å². The highest BCUT2D eigenvalue weighted by Gasteiger charge is 2.26. The molecule has 2 amide bonds. The van der Waals surface area contributed by atoms with E-state index in [2.05, 4.69) is 16.3 Å². The molecule has 4 rings (SSSR count). The number of likely N-dealkylation sites (tertiary alicyclic amines) is 1. The second kappa shape index (κ2) is 9.30. The van der Waals surface area contributed by atoms with Crippen LogP contribution in [0.2, 0.25) is 0 Å². The summed E-state index contributed by atoms with van der Waals surface area (Å²) < 4.78 is 5.58. The van der Waals surface area contributed by atoms with Gasteiger partial charge in [-0.1, -0.05) is 18.2 Å². The number of anilines is 1. The van der Waals surface area contributed by atoms with Gasteiger partial charge in [0, 0.05) is 36.3 Å². The van der Waals surface area contributed by atoms with Crippen LogP contribution in [0.5, 0.6) is 5.75 Å². The van der Waals surface area contributed by atoms with Crippen LogP contribution in [0.15, 0.2) is 48.5 Å². The molecule has 2 fully saturated rings. The Hall–Kier alpha value is -2.86. The quantitative estimate of drug-likeness (QED) is 0.764. The number of nitrogens with one attached hydrogen (secondary N) is 1. The van der Waals surface area contributed by atoms with Gasteiger partial charge in [-0.2, -0.15) is 0 Å². The maximum atomic E-state index is 12.8. The zero-order chi connectivity index (χ0) is 20.9. The molecule has 2 heterocycles. The number of amides is 2. The SMILES string of the molecule is COc1ccccc1[C@@H](CNC(=O)c1ccc(N2CCCC2=O)cc1)N1CCCC1. The van der Waals surface area contributed by atoms with Crippen molar-refractivity contribution in [3.8, 4) is 5.75 Å². The highest BCUT2D eigenvalue weighted by Crippen LogP contribution is 2.31. The number of hydrogen-bond acceptors (Lipinski definition) is 4. The first-order valence-corrected chi connectivity index (χ1v) is 10.7. The molecule has 0 radical (unpaired) electrons. The molecule has 2 aliphatic heterocycles. The maximum Gasteiger partial charge on any atom is 0.251 e. The van der Waals surface area contributed by atoms with Gasteiger partial charge in [0.1, 0.15) is 5.75 Å². The molecular formula is C24H29N3O3. The molecule has 2 aromatic rings. The summed E-state index contributed by atoms with van der Waals surface area (Å²) in [5, 5.41) is 3.11. The van der Waals surface area contributed by atoms with Crippen LogP contribution in [0.3, 0.4) is 0 Å². The number of carbonyl (C=O) groups excluding carboxylic acids is 2. The van der Waals surface area contributed by atoms with Gasteiger partial charge in [-0.15, -0.1) is 0 Å². The van der Waals surface area contributed by atoms with Gasteiger partial charge in [0.2, 0.25) is 5.91 Å². The Bertz CT molecular complexity index is 891. The van der Waals surface area contributed by atoms with Gasteiger partial charge >= 0.3 is 0 Å². The topological polar surface area (TPSA) is 61.9 Å². The molecule has 6 nitrogen and oxygen atoms in total. The largest absolute Gasteiger partial charge is 0.496 e. The second-order valence-electron chi connectivity index (χ2n) is 7.91. The number of carbonyl (C=O) groups is 2. The van der Waals surface area contributed by atoms with E-state index in [1.807, 2.05) is 30.3 Å². The van der Waals surface area contributed by atoms with Crippen LogP contribution in [0.4, 0.5) is 5.69 Å². The van der Waals surface area contributed by atoms with Crippen LogP contribution in [-0.2, 0) is 4.79 Å². The van der Waals surface area contributed by atoms with Gasteiger partial charge in [0.25, 0.3) is 5.91 Å². The first-order valence-electron chi connectivity index (χ1n) is 10.7. The number of benzene rings is 2. The first-order chi connectivity index (χ1) is 14.7. The van der Waals surface area contributed by atoms with Crippen LogP contribution in [0.25, 0.3) is 0 Å². The third kappa shape index (κ3) is 4.33. The van der Waals surface area contributed by atoms with Crippen LogP contribution in [0, 0.1) is 0 Å². The normalized spacial score (nSPS) is 17.9. The molecule has 2 saturated heterocycles. The standard InChI is InChI=1S/C24H29N3O3/c1-30-22-8-3-2-7-20(22)21(26-14-4-5-15-26)17-25-24(29)18-10-12-19(13-11-18)27-16-6-9-23(27)28/h2-3,7-8,10-13,21H,4-6,9,14-17H2,1H3,(H,25,29)/t21-/m1/s1. The molecule has 0 spiro atoms. The molecule has 30 heavy (non-hydrogen) atoms. The Labute approximate surface area is 177 Å². The zero-order valence-corrected chi connectivity index (χ0v) is 17.5. The molecule has 0 saturated carbocycles. The molecule has 0 aromatic heterocycles. The number of nitrogens with zero attached hydrogens (tertiary/aromatic N) is 2. The van der Waals surface area contributed by atoms with E-state index >= 15 is 0 Å². The lowest BCUT2D eigenvalue weighted by Gasteiger charge is -2.29. The Morgan fingerprint density at radius 1 is 1.03 bits per heavy atom. The molecule has 6 heteroatoms. The number of methoxy groups -OCH3 is 1. The molecule has 1 N–H and O–H groups in total. The lowest BCUT2D eigenvalue weighted by Crippen LogP contribution is -2.37. The smallest absolute Gasteiger partial charge is 0.251 e. The van der Waals surface area contributed by atoms with E-state index in [0.717, 1.165) is 43.1 Å².